The SMILES string of the molecule is CN(c1ccccc1)S(=O)(=O)c1cccc(C(=O)OCC(=O)Nc2ccccc2OC(F)F)c1. The van der Waals surface area contributed by atoms with Gasteiger partial charge in [0.25, 0.3) is 15.9 Å². The van der Waals surface area contributed by atoms with Crippen LogP contribution >= 0.6 is 0 Å². The lowest BCUT2D eigenvalue weighted by Gasteiger charge is -2.19. The molecular formula is C23H20F2N2O6S. The van der Waals surface area contributed by atoms with Crippen molar-refractivity contribution < 1.29 is 36.3 Å². The molecular weight excluding hydrogens is 470 g/mol. The summed E-state index contributed by atoms with van der Waals surface area (Å²) in [7, 11) is -2.58. The fraction of sp³-hybridized carbons (Fsp3) is 0.130. The highest BCUT2D eigenvalue weighted by Crippen LogP contribution is 2.25. The van der Waals surface area contributed by atoms with Crippen molar-refractivity contribution in [3.63, 3.8) is 0 Å². The number of hydrogen-bond acceptors (Lipinski definition) is 6. The van der Waals surface area contributed by atoms with Crippen molar-refractivity contribution in [1.82, 2.24) is 0 Å². The van der Waals surface area contributed by atoms with Crippen molar-refractivity contribution >= 4 is 33.3 Å². The Morgan fingerprint density at radius 3 is 2.35 bits per heavy atom. The van der Waals surface area contributed by atoms with Crippen LogP contribution in [-0.4, -0.2) is 40.6 Å². The molecule has 0 unspecified atom stereocenters. The van der Waals surface area contributed by atoms with Crippen LogP contribution in [0.4, 0.5) is 20.2 Å². The number of esters is 1. The molecule has 3 aromatic rings. The minimum Gasteiger partial charge on any atom is -0.452 e. The lowest BCUT2D eigenvalue weighted by molar-refractivity contribution is -0.119. The molecule has 8 nitrogen and oxygen atoms in total. The monoisotopic (exact) mass is 490 g/mol. The summed E-state index contributed by atoms with van der Waals surface area (Å²) in [5.41, 5.74) is 0.320. The first kappa shape index (κ1) is 24.6. The Bertz CT molecular complexity index is 1270. The van der Waals surface area contributed by atoms with E-state index < -0.39 is 35.1 Å². The number of carbonyl (C=O) groups is 2. The molecule has 11 heteroatoms. The van der Waals surface area contributed by atoms with E-state index in [2.05, 4.69) is 10.1 Å². The van der Waals surface area contributed by atoms with Crippen molar-refractivity contribution in [2.75, 3.05) is 23.3 Å². The van der Waals surface area contributed by atoms with E-state index in [0.29, 0.717) is 5.69 Å². The van der Waals surface area contributed by atoms with Gasteiger partial charge in [-0.1, -0.05) is 36.4 Å². The number of nitrogens with zero attached hydrogens (tertiary/aromatic N) is 1. The number of nitrogens with one attached hydrogen (secondary N) is 1. The number of ether oxygens (including phenoxy) is 2. The van der Waals surface area contributed by atoms with E-state index >= 15 is 0 Å². The maximum absolute atomic E-state index is 12.9. The second-order valence-electron chi connectivity index (χ2n) is 6.83. The molecule has 0 spiro atoms. The summed E-state index contributed by atoms with van der Waals surface area (Å²) in [5, 5.41) is 2.31. The molecule has 178 valence electrons. The normalized spacial score (nSPS) is 11.1. The predicted octanol–water partition coefficient (Wildman–Crippen LogP) is 3.91. The Labute approximate surface area is 194 Å². The Hall–Kier alpha value is -3.99. The highest BCUT2D eigenvalue weighted by Gasteiger charge is 2.23. The van der Waals surface area contributed by atoms with Gasteiger partial charge in [-0.05, 0) is 42.5 Å². The van der Waals surface area contributed by atoms with Crippen molar-refractivity contribution in [3.05, 3.63) is 84.4 Å². The summed E-state index contributed by atoms with van der Waals surface area (Å²) in [6.45, 7) is -3.82. The summed E-state index contributed by atoms with van der Waals surface area (Å²) in [6.07, 6.45) is 0. The minimum atomic E-state index is -3.96. The Morgan fingerprint density at radius 1 is 0.971 bits per heavy atom. The third-order valence-electron chi connectivity index (χ3n) is 4.56. The number of amides is 1. The van der Waals surface area contributed by atoms with E-state index in [9.17, 15) is 26.8 Å². The van der Waals surface area contributed by atoms with Gasteiger partial charge in [-0.15, -0.1) is 0 Å². The molecule has 0 fully saturated rings. The number of rotatable bonds is 9. The average molecular weight is 490 g/mol. The number of halogens is 2. The highest BCUT2D eigenvalue weighted by molar-refractivity contribution is 7.92. The first-order valence-electron chi connectivity index (χ1n) is 9.83. The van der Waals surface area contributed by atoms with Crippen molar-refractivity contribution in [3.8, 4) is 5.75 Å². The first-order chi connectivity index (χ1) is 16.2. The molecule has 0 aliphatic rings. The molecule has 0 aromatic heterocycles. The fourth-order valence-electron chi connectivity index (χ4n) is 2.89. The van der Waals surface area contributed by atoms with Crippen molar-refractivity contribution in [1.29, 1.82) is 0 Å². The first-order valence-corrected chi connectivity index (χ1v) is 11.3. The van der Waals surface area contributed by atoms with E-state index in [1.54, 1.807) is 30.3 Å². The van der Waals surface area contributed by atoms with Crippen LogP contribution in [0.5, 0.6) is 5.75 Å². The summed E-state index contributed by atoms with van der Waals surface area (Å²) < 4.78 is 61.2. The number of anilines is 2. The van der Waals surface area contributed by atoms with E-state index in [4.69, 9.17) is 4.74 Å². The molecule has 1 N–H and O–H groups in total. The van der Waals surface area contributed by atoms with E-state index in [1.165, 1.54) is 49.5 Å². The average Bonchev–Trinajstić information content (AvgIpc) is 2.83. The van der Waals surface area contributed by atoms with Crippen LogP contribution in [0.25, 0.3) is 0 Å². The third-order valence-corrected chi connectivity index (χ3v) is 6.34. The van der Waals surface area contributed by atoms with Crippen molar-refractivity contribution in [2.24, 2.45) is 0 Å². The zero-order chi connectivity index (χ0) is 24.7. The number of hydrogen-bond donors (Lipinski definition) is 1. The van der Waals surface area contributed by atoms with Gasteiger partial charge < -0.3 is 14.8 Å². The fourth-order valence-corrected chi connectivity index (χ4v) is 4.13. The summed E-state index contributed by atoms with van der Waals surface area (Å²) in [4.78, 5) is 24.4. The number of alkyl halides is 2. The number of benzene rings is 3. The zero-order valence-corrected chi connectivity index (χ0v) is 18.7. The zero-order valence-electron chi connectivity index (χ0n) is 17.9. The van der Waals surface area contributed by atoms with Gasteiger partial charge >= 0.3 is 12.6 Å². The van der Waals surface area contributed by atoms with E-state index in [-0.39, 0.29) is 21.9 Å². The molecule has 0 saturated carbocycles. The molecule has 0 heterocycles. The van der Waals surface area contributed by atoms with Crippen LogP contribution in [0.15, 0.2) is 83.8 Å². The lowest BCUT2D eigenvalue weighted by Crippen LogP contribution is -2.26. The molecule has 0 aliphatic heterocycles. The second kappa shape index (κ2) is 10.8. The molecule has 0 atom stereocenters. The van der Waals surface area contributed by atoms with Gasteiger partial charge in [-0.2, -0.15) is 8.78 Å². The summed E-state index contributed by atoms with van der Waals surface area (Å²) >= 11 is 0. The molecule has 0 bridgehead atoms. The second-order valence-corrected chi connectivity index (χ2v) is 8.80. The van der Waals surface area contributed by atoms with Crippen molar-refractivity contribution in [2.45, 2.75) is 11.5 Å². The van der Waals surface area contributed by atoms with Gasteiger partial charge in [-0.3, -0.25) is 9.10 Å². The largest absolute Gasteiger partial charge is 0.452 e. The summed E-state index contributed by atoms with van der Waals surface area (Å²) in [5.74, 6) is -1.99. The Morgan fingerprint density at radius 2 is 1.65 bits per heavy atom. The predicted molar refractivity (Wildman–Crippen MR) is 120 cm³/mol. The molecule has 0 aliphatic carbocycles. The smallest absolute Gasteiger partial charge is 0.387 e. The Balaban J connectivity index is 1.66. The number of carbonyl (C=O) groups excluding carboxylic acids is 2. The van der Waals surface area contributed by atoms with Gasteiger partial charge in [-0.25, -0.2) is 13.2 Å². The lowest BCUT2D eigenvalue weighted by atomic mass is 10.2. The molecule has 1 amide bonds. The maximum atomic E-state index is 12.9. The number of para-hydroxylation sites is 3. The van der Waals surface area contributed by atoms with Crippen LogP contribution in [0, 0.1) is 0 Å². The number of sulfonamides is 1. The molecule has 0 radical (unpaired) electrons. The highest BCUT2D eigenvalue weighted by atomic mass is 32.2. The van der Waals surface area contributed by atoms with Crippen LogP contribution in [0.1, 0.15) is 10.4 Å². The van der Waals surface area contributed by atoms with Crippen LogP contribution in [0.3, 0.4) is 0 Å². The maximum Gasteiger partial charge on any atom is 0.387 e. The van der Waals surface area contributed by atoms with Gasteiger partial charge in [0.2, 0.25) is 0 Å². The topological polar surface area (TPSA) is 102 Å². The van der Waals surface area contributed by atoms with Crippen LogP contribution in [0.2, 0.25) is 0 Å². The molecule has 3 rings (SSSR count). The molecule has 3 aromatic carbocycles. The standard InChI is InChI=1S/C23H20F2N2O6S/c1-27(17-9-3-2-4-10-17)34(30,31)18-11-7-8-16(14-18)22(29)32-15-21(28)26-19-12-5-6-13-20(19)33-23(24)25/h2-14,23H,15H2,1H3,(H,26,28). The van der Waals surface area contributed by atoms with E-state index in [0.717, 1.165) is 10.4 Å². The van der Waals surface area contributed by atoms with Gasteiger partial charge in [0.05, 0.1) is 21.8 Å². The quantitative estimate of drug-likeness (QED) is 0.457. The molecule has 34 heavy (non-hydrogen) atoms. The summed E-state index contributed by atoms with van der Waals surface area (Å²) in [6, 6.07) is 19.1. The van der Waals surface area contributed by atoms with Gasteiger partial charge in [0.15, 0.2) is 6.61 Å². The van der Waals surface area contributed by atoms with Gasteiger partial charge in [0, 0.05) is 7.05 Å². The molecule has 0 saturated heterocycles. The third kappa shape index (κ3) is 6.07. The minimum absolute atomic E-state index is 0.0270. The Kier molecular flexibility index (Phi) is 7.79. The van der Waals surface area contributed by atoms with Gasteiger partial charge in [0.1, 0.15) is 5.75 Å². The van der Waals surface area contributed by atoms with Crippen LogP contribution in [-0.2, 0) is 19.6 Å². The van der Waals surface area contributed by atoms with Crippen LogP contribution < -0.4 is 14.4 Å². The van der Waals surface area contributed by atoms with E-state index in [1.807, 2.05) is 0 Å².